The van der Waals surface area contributed by atoms with Crippen molar-refractivity contribution in [2.45, 2.75) is 47.0 Å². The van der Waals surface area contributed by atoms with Crippen LogP contribution in [-0.4, -0.2) is 11.1 Å². The van der Waals surface area contributed by atoms with E-state index < -0.39 is 5.97 Å². The van der Waals surface area contributed by atoms with E-state index in [9.17, 15) is 4.79 Å². The second-order valence-electron chi connectivity index (χ2n) is 7.32. The number of carboxylic acid groups (broad SMARTS) is 1. The topological polar surface area (TPSA) is 37.3 Å². The van der Waals surface area contributed by atoms with E-state index >= 15 is 0 Å². The monoisotopic (exact) mass is 346 g/mol. The lowest BCUT2D eigenvalue weighted by molar-refractivity contribution is 0.0697. The van der Waals surface area contributed by atoms with Crippen molar-refractivity contribution in [3.05, 3.63) is 80.9 Å². The lowest BCUT2D eigenvalue weighted by Gasteiger charge is -2.27. The fraction of sp³-hybridized carbons (Fsp3) is 0.292. The van der Waals surface area contributed by atoms with Crippen LogP contribution in [-0.2, 0) is 6.42 Å². The molecule has 0 aliphatic heterocycles. The minimum Gasteiger partial charge on any atom is -0.478 e. The van der Waals surface area contributed by atoms with Gasteiger partial charge in [0.15, 0.2) is 0 Å². The van der Waals surface area contributed by atoms with Crippen LogP contribution in [0, 0.1) is 20.8 Å². The summed E-state index contributed by atoms with van der Waals surface area (Å²) in [6.45, 7) is 11.1. The molecule has 26 heavy (non-hydrogen) atoms. The van der Waals surface area contributed by atoms with Crippen LogP contribution in [0.5, 0.6) is 0 Å². The van der Waals surface area contributed by atoms with E-state index in [1.165, 1.54) is 39.0 Å². The average molecular weight is 346 g/mol. The molecule has 0 aromatic heterocycles. The molecule has 1 aliphatic carbocycles. The Morgan fingerprint density at radius 2 is 1.73 bits per heavy atom. The van der Waals surface area contributed by atoms with Crippen molar-refractivity contribution in [3.8, 4) is 0 Å². The molecular weight excluding hydrogens is 320 g/mol. The largest absolute Gasteiger partial charge is 0.478 e. The van der Waals surface area contributed by atoms with Gasteiger partial charge in [-0.1, -0.05) is 37.3 Å². The van der Waals surface area contributed by atoms with Gasteiger partial charge >= 0.3 is 5.97 Å². The first-order valence-corrected chi connectivity index (χ1v) is 9.12. The molecule has 0 radical (unpaired) electrons. The van der Waals surface area contributed by atoms with E-state index in [0.717, 1.165) is 12.0 Å². The molecule has 0 fully saturated rings. The normalized spacial score (nSPS) is 16.5. The van der Waals surface area contributed by atoms with Crippen molar-refractivity contribution in [1.29, 1.82) is 0 Å². The number of allylic oxidation sites excluding steroid dienone is 3. The molecule has 1 N–H and O–H groups in total. The molecule has 0 saturated carbocycles. The van der Waals surface area contributed by atoms with Gasteiger partial charge in [-0.3, -0.25) is 0 Å². The summed E-state index contributed by atoms with van der Waals surface area (Å²) in [6.07, 6.45) is 7.73. The minimum atomic E-state index is -0.892. The van der Waals surface area contributed by atoms with Crippen LogP contribution in [0.4, 0.5) is 0 Å². The maximum absolute atomic E-state index is 11.0. The summed E-state index contributed by atoms with van der Waals surface area (Å²) in [5.41, 5.74) is 11.0. The van der Waals surface area contributed by atoms with Gasteiger partial charge in [-0.05, 0) is 96.7 Å². The second kappa shape index (κ2) is 6.95. The Kier molecular flexibility index (Phi) is 4.86. The van der Waals surface area contributed by atoms with Crippen molar-refractivity contribution >= 4 is 17.6 Å². The van der Waals surface area contributed by atoms with Gasteiger partial charge in [0, 0.05) is 0 Å². The zero-order valence-electron chi connectivity index (χ0n) is 16.2. The molecule has 0 spiro atoms. The van der Waals surface area contributed by atoms with Gasteiger partial charge in [-0.25, -0.2) is 4.79 Å². The van der Waals surface area contributed by atoms with Crippen LogP contribution >= 0.6 is 0 Å². The fourth-order valence-corrected chi connectivity index (χ4v) is 4.25. The average Bonchev–Trinajstić information content (AvgIpc) is 2.60. The number of benzene rings is 2. The summed E-state index contributed by atoms with van der Waals surface area (Å²) in [4.78, 5) is 11.0. The predicted octanol–water partition coefficient (Wildman–Crippen LogP) is 6.09. The van der Waals surface area contributed by atoms with Crippen molar-refractivity contribution < 1.29 is 9.90 Å². The first-order chi connectivity index (χ1) is 12.3. The molecule has 1 unspecified atom stereocenters. The number of hydrogen-bond donors (Lipinski definition) is 1. The number of carbonyl (C=O) groups is 1. The number of carboxylic acids is 1. The molecule has 2 aromatic carbocycles. The smallest absolute Gasteiger partial charge is 0.335 e. The molecular formula is C24H26O2. The highest BCUT2D eigenvalue weighted by molar-refractivity contribution is 5.89. The zero-order valence-corrected chi connectivity index (χ0v) is 16.2. The quantitative estimate of drug-likeness (QED) is 0.539. The Morgan fingerprint density at radius 3 is 2.35 bits per heavy atom. The van der Waals surface area contributed by atoms with Crippen molar-refractivity contribution in [2.75, 3.05) is 0 Å². The Balaban J connectivity index is 2.09. The highest BCUT2D eigenvalue weighted by atomic mass is 16.4. The molecule has 1 atom stereocenters. The van der Waals surface area contributed by atoms with Gasteiger partial charge in [-0.15, -0.1) is 0 Å². The van der Waals surface area contributed by atoms with Crippen LogP contribution in [0.25, 0.3) is 11.6 Å². The molecule has 2 aromatic rings. The molecule has 2 heteroatoms. The van der Waals surface area contributed by atoms with Crippen LogP contribution < -0.4 is 0 Å². The van der Waals surface area contributed by atoms with Crippen LogP contribution in [0.15, 0.2) is 36.4 Å². The van der Waals surface area contributed by atoms with Gasteiger partial charge in [0.25, 0.3) is 0 Å². The van der Waals surface area contributed by atoms with Crippen LogP contribution in [0.1, 0.15) is 69.1 Å². The molecule has 0 heterocycles. The standard InChI is InChI=1S/C24H26O2/c1-14-7-6-8-21-18(5)22(16(3)17(4)23(14)21)15(2)13-19-9-11-20(12-10-19)24(25)26/h6-7,9-14H,8H2,1-5H3,(H,25,26)/b15-13+. The first kappa shape index (κ1) is 18.2. The third-order valence-electron chi connectivity index (χ3n) is 5.63. The summed E-state index contributed by atoms with van der Waals surface area (Å²) in [6, 6.07) is 7.05. The van der Waals surface area contributed by atoms with Crippen LogP contribution in [0.3, 0.4) is 0 Å². The minimum absolute atomic E-state index is 0.317. The van der Waals surface area contributed by atoms with E-state index in [4.69, 9.17) is 5.11 Å². The highest BCUT2D eigenvalue weighted by Gasteiger charge is 2.22. The van der Waals surface area contributed by atoms with Crippen molar-refractivity contribution in [2.24, 2.45) is 0 Å². The first-order valence-electron chi connectivity index (χ1n) is 9.12. The van der Waals surface area contributed by atoms with Gasteiger partial charge in [0.2, 0.25) is 0 Å². The lowest BCUT2D eigenvalue weighted by atomic mass is 9.78. The maximum Gasteiger partial charge on any atom is 0.335 e. The Bertz CT molecular complexity index is 928. The Hall–Kier alpha value is -2.61. The summed E-state index contributed by atoms with van der Waals surface area (Å²) in [5.74, 6) is -0.422. The summed E-state index contributed by atoms with van der Waals surface area (Å²) >= 11 is 0. The van der Waals surface area contributed by atoms with E-state index in [1.54, 1.807) is 12.1 Å². The van der Waals surface area contributed by atoms with Crippen molar-refractivity contribution in [1.82, 2.24) is 0 Å². The third kappa shape index (κ3) is 3.12. The van der Waals surface area contributed by atoms with E-state index in [-0.39, 0.29) is 0 Å². The van der Waals surface area contributed by atoms with E-state index in [1.807, 2.05) is 12.1 Å². The number of hydrogen-bond acceptors (Lipinski definition) is 1. The van der Waals surface area contributed by atoms with Gasteiger partial charge in [0.05, 0.1) is 5.56 Å². The van der Waals surface area contributed by atoms with Gasteiger partial charge < -0.3 is 5.11 Å². The highest BCUT2D eigenvalue weighted by Crippen LogP contribution is 2.38. The molecule has 2 nitrogen and oxygen atoms in total. The molecule has 3 rings (SSSR count). The Morgan fingerprint density at radius 1 is 1.08 bits per heavy atom. The molecule has 0 amide bonds. The molecule has 134 valence electrons. The van der Waals surface area contributed by atoms with E-state index in [0.29, 0.717) is 11.5 Å². The second-order valence-corrected chi connectivity index (χ2v) is 7.32. The molecule has 0 bridgehead atoms. The van der Waals surface area contributed by atoms with Gasteiger partial charge in [0.1, 0.15) is 0 Å². The lowest BCUT2D eigenvalue weighted by Crippen LogP contribution is -2.11. The fourth-order valence-electron chi connectivity index (χ4n) is 4.25. The third-order valence-corrected chi connectivity index (χ3v) is 5.63. The Labute approximate surface area is 155 Å². The number of aromatic carboxylic acids is 1. The zero-order chi connectivity index (χ0) is 19.0. The SMILES string of the molecule is C/C(=C\c1ccc(C(=O)O)cc1)c1c(C)c(C)c2c(c1C)CC=CC2C. The van der Waals surface area contributed by atoms with Crippen LogP contribution in [0.2, 0.25) is 0 Å². The molecule has 0 saturated heterocycles. The summed E-state index contributed by atoms with van der Waals surface area (Å²) in [7, 11) is 0. The molecule has 1 aliphatic rings. The number of rotatable bonds is 3. The maximum atomic E-state index is 11.0. The number of fused-ring (bicyclic) bond motifs is 1. The van der Waals surface area contributed by atoms with Gasteiger partial charge in [-0.2, -0.15) is 0 Å². The summed E-state index contributed by atoms with van der Waals surface area (Å²) < 4.78 is 0. The predicted molar refractivity (Wildman–Crippen MR) is 109 cm³/mol. The van der Waals surface area contributed by atoms with E-state index in [2.05, 4.69) is 52.8 Å². The summed E-state index contributed by atoms with van der Waals surface area (Å²) in [5, 5.41) is 9.05. The van der Waals surface area contributed by atoms with Crippen molar-refractivity contribution in [3.63, 3.8) is 0 Å².